The van der Waals surface area contributed by atoms with E-state index in [1.807, 2.05) is 0 Å². The van der Waals surface area contributed by atoms with Gasteiger partial charge in [-0.2, -0.15) is 0 Å². The minimum absolute atomic E-state index is 0. The van der Waals surface area contributed by atoms with Gasteiger partial charge in [-0.05, 0) is 12.8 Å². The second-order valence-electron chi connectivity index (χ2n) is 1.35. The molecular weight excluding hydrogens is 120 g/mol. The molecule has 3 heteroatoms. The van der Waals surface area contributed by atoms with Crippen molar-refractivity contribution in [3.63, 3.8) is 0 Å². The van der Waals surface area contributed by atoms with Crippen molar-refractivity contribution in [2.45, 2.75) is 12.8 Å². The van der Waals surface area contributed by atoms with Crippen molar-refractivity contribution < 1.29 is 47.5 Å². The minimum Gasteiger partial charge on any atom is -0.237 e. The predicted molar refractivity (Wildman–Crippen MR) is 21.1 cm³/mol. The van der Waals surface area contributed by atoms with Crippen LogP contribution in [0.4, 0.5) is 0 Å². The Hall–Kier alpha value is 1.18. The van der Waals surface area contributed by atoms with Gasteiger partial charge >= 0.3 is 0 Å². The van der Waals surface area contributed by atoms with Gasteiger partial charge in [0.15, 0.2) is 0 Å². The quantitative estimate of drug-likeness (QED) is 0.447. The van der Waals surface area contributed by atoms with Crippen molar-refractivity contribution in [2.24, 2.45) is 0 Å². The summed E-state index contributed by atoms with van der Waals surface area (Å²) in [4.78, 5) is 9.14. The Bertz CT molecular complexity index is 25.2. The molecule has 0 aromatic rings. The SMILES string of the molecule is C1CCOOC1.[Ar]. The van der Waals surface area contributed by atoms with Crippen molar-refractivity contribution in [3.05, 3.63) is 0 Å². The summed E-state index contributed by atoms with van der Waals surface area (Å²) in [5.74, 6) is 0. The molecule has 0 atom stereocenters. The van der Waals surface area contributed by atoms with Gasteiger partial charge in [-0.1, -0.05) is 0 Å². The molecule has 0 bridgehead atoms. The van der Waals surface area contributed by atoms with E-state index in [0.717, 1.165) is 26.1 Å². The molecule has 1 aliphatic heterocycles. The van der Waals surface area contributed by atoms with Gasteiger partial charge in [-0.15, -0.1) is 0 Å². The van der Waals surface area contributed by atoms with Crippen molar-refractivity contribution in [2.75, 3.05) is 13.2 Å². The molecule has 7 heavy (non-hydrogen) atoms. The van der Waals surface area contributed by atoms with Crippen LogP contribution < -0.4 is 0 Å². The van der Waals surface area contributed by atoms with Crippen LogP contribution in [0, 0.1) is 37.7 Å². The molecule has 1 rings (SSSR count). The smallest absolute Gasteiger partial charge is 0.0823 e. The molecule has 0 amide bonds. The molecule has 2 nitrogen and oxygen atoms in total. The zero-order valence-electron chi connectivity index (χ0n) is 4.00. The average Bonchev–Trinajstić information content (AvgIpc) is 1.72. The molecule has 1 aliphatic rings. The topological polar surface area (TPSA) is 18.5 Å². The van der Waals surface area contributed by atoms with E-state index >= 15 is 0 Å². The largest absolute Gasteiger partial charge is 0.237 e. The molecule has 0 saturated carbocycles. The van der Waals surface area contributed by atoms with Crippen molar-refractivity contribution in [1.29, 1.82) is 0 Å². The molecule has 0 radical (unpaired) electrons. The molecule has 0 unspecified atom stereocenters. The molecule has 44 valence electrons. The second-order valence-corrected chi connectivity index (χ2v) is 1.35. The van der Waals surface area contributed by atoms with Gasteiger partial charge in [0.2, 0.25) is 0 Å². The van der Waals surface area contributed by atoms with E-state index < -0.39 is 0 Å². The Balaban J connectivity index is 0.000000360. The minimum atomic E-state index is 0. The van der Waals surface area contributed by atoms with Gasteiger partial charge in [-0.3, -0.25) is 0 Å². The Morgan fingerprint density at radius 2 is 1.29 bits per heavy atom. The maximum absolute atomic E-state index is 4.57. The summed E-state index contributed by atoms with van der Waals surface area (Å²) in [5, 5.41) is 0. The van der Waals surface area contributed by atoms with Crippen molar-refractivity contribution in [3.8, 4) is 0 Å². The summed E-state index contributed by atoms with van der Waals surface area (Å²) in [6.45, 7) is 1.56. The Morgan fingerprint density at radius 3 is 1.43 bits per heavy atom. The van der Waals surface area contributed by atoms with E-state index in [9.17, 15) is 0 Å². The third-order valence-corrected chi connectivity index (χ3v) is 0.789. The zero-order valence-corrected chi connectivity index (χ0v) is 4.71. The summed E-state index contributed by atoms with van der Waals surface area (Å²) in [5.41, 5.74) is 0. The molecular formula is C4H8ArO2. The van der Waals surface area contributed by atoms with Gasteiger partial charge < -0.3 is 0 Å². The molecule has 1 saturated heterocycles. The average molecular weight is 128 g/mol. The molecule has 0 spiro atoms. The maximum Gasteiger partial charge on any atom is 0.0823 e. The molecule has 0 N–H and O–H groups in total. The predicted octanol–water partition coefficient (Wildman–Crippen LogP) is 0.728. The Kier molecular flexibility index (Phi) is 6.22. The Labute approximate surface area is 73.1 Å². The summed E-state index contributed by atoms with van der Waals surface area (Å²) in [6.07, 6.45) is 2.31. The van der Waals surface area contributed by atoms with Gasteiger partial charge in [0, 0.05) is 37.7 Å². The van der Waals surface area contributed by atoms with Crippen LogP contribution in [-0.4, -0.2) is 13.2 Å². The van der Waals surface area contributed by atoms with Crippen LogP contribution in [-0.2, 0) is 9.78 Å². The fourth-order valence-corrected chi connectivity index (χ4v) is 0.440. The molecule has 1 fully saturated rings. The maximum atomic E-state index is 4.57. The van der Waals surface area contributed by atoms with E-state index in [0.29, 0.717) is 0 Å². The number of hydrogen-bond acceptors (Lipinski definition) is 2. The van der Waals surface area contributed by atoms with Crippen LogP contribution in [0.15, 0.2) is 0 Å². The molecule has 1 heterocycles. The standard InChI is InChI=1S/C4H8O2.Ar/c1-2-4-6-5-3-1;/h1-4H2;. The monoisotopic (exact) mass is 128 g/mol. The number of rotatable bonds is 0. The molecule has 0 aromatic heterocycles. The normalized spacial score (nSPS) is 20.6. The summed E-state index contributed by atoms with van der Waals surface area (Å²) in [6, 6.07) is 0. The molecule has 0 aromatic carbocycles. The van der Waals surface area contributed by atoms with Gasteiger partial charge in [0.1, 0.15) is 0 Å². The van der Waals surface area contributed by atoms with Gasteiger partial charge in [-0.25, -0.2) is 9.78 Å². The fourth-order valence-electron chi connectivity index (χ4n) is 0.440. The van der Waals surface area contributed by atoms with Crippen molar-refractivity contribution >= 4 is 0 Å². The first-order valence-electron chi connectivity index (χ1n) is 2.24. The first-order chi connectivity index (χ1) is 3.00. The van der Waals surface area contributed by atoms with Gasteiger partial charge in [0.25, 0.3) is 0 Å². The van der Waals surface area contributed by atoms with E-state index in [1.165, 1.54) is 0 Å². The van der Waals surface area contributed by atoms with Crippen molar-refractivity contribution in [1.82, 2.24) is 0 Å². The molecule has 0 aliphatic carbocycles. The van der Waals surface area contributed by atoms with Crippen LogP contribution in [0.1, 0.15) is 12.8 Å². The van der Waals surface area contributed by atoms with E-state index in [1.54, 1.807) is 0 Å². The van der Waals surface area contributed by atoms with E-state index in [2.05, 4.69) is 9.78 Å². The fraction of sp³-hybridized carbons (Fsp3) is 1.00. The Morgan fingerprint density at radius 1 is 0.857 bits per heavy atom. The summed E-state index contributed by atoms with van der Waals surface area (Å²) in [7, 11) is 0. The van der Waals surface area contributed by atoms with Crippen LogP contribution in [0.5, 0.6) is 0 Å². The third-order valence-electron chi connectivity index (χ3n) is 0.789. The van der Waals surface area contributed by atoms with Crippen LogP contribution in [0.25, 0.3) is 0 Å². The first kappa shape index (κ1) is 8.18. The first-order valence-corrected chi connectivity index (χ1v) is 2.24. The second kappa shape index (κ2) is 5.32. The van der Waals surface area contributed by atoms with E-state index in [4.69, 9.17) is 0 Å². The zero-order chi connectivity index (χ0) is 4.24. The van der Waals surface area contributed by atoms with Crippen LogP contribution in [0.2, 0.25) is 0 Å². The van der Waals surface area contributed by atoms with Crippen LogP contribution >= 0.6 is 0 Å². The van der Waals surface area contributed by atoms with E-state index in [-0.39, 0.29) is 37.7 Å². The summed E-state index contributed by atoms with van der Waals surface area (Å²) >= 11 is 0. The summed E-state index contributed by atoms with van der Waals surface area (Å²) < 4.78 is 0. The third kappa shape index (κ3) is 3.74. The van der Waals surface area contributed by atoms with Gasteiger partial charge in [0.05, 0.1) is 13.2 Å². The number of hydrogen-bond donors (Lipinski definition) is 0. The van der Waals surface area contributed by atoms with Crippen LogP contribution in [0.3, 0.4) is 0 Å².